The maximum atomic E-state index is 14.8. The highest BCUT2D eigenvalue weighted by Crippen LogP contribution is 2.37. The average Bonchev–Trinajstić information content (AvgIpc) is 1.19. The van der Waals surface area contributed by atoms with Crippen LogP contribution in [-0.2, 0) is 28.4 Å². The third-order valence-electron chi connectivity index (χ3n) is 15.6. The normalized spacial score (nSPS) is 16.2. The van der Waals surface area contributed by atoms with Gasteiger partial charge < -0.3 is 66.3 Å². The number of methoxy groups -OCH3 is 5. The fourth-order valence-electron chi connectivity index (χ4n) is 10.3. The molecule has 89 heavy (non-hydrogen) atoms. The Balaban J connectivity index is 1.51. The van der Waals surface area contributed by atoms with E-state index in [-0.39, 0.29) is 39.5 Å². The van der Waals surface area contributed by atoms with Crippen molar-refractivity contribution in [2.45, 2.75) is 213 Å². The smallest absolute Gasteiger partial charge is 0.338 e. The van der Waals surface area contributed by atoms with Crippen LogP contribution in [0.5, 0.6) is 46.0 Å². The zero-order chi connectivity index (χ0) is 64.0. The summed E-state index contributed by atoms with van der Waals surface area (Å²) in [6, 6.07) is 18.5. The van der Waals surface area contributed by atoms with E-state index in [0.717, 1.165) is 116 Å². The molecule has 4 aromatic rings. The summed E-state index contributed by atoms with van der Waals surface area (Å²) in [6.07, 6.45) is 18.0. The molecule has 1 aliphatic heterocycles. The number of ether oxygens (including phenoxy) is 14. The number of hydrogen-bond donors (Lipinski definition) is 0. The molecule has 1 heterocycles. The lowest BCUT2D eigenvalue weighted by Gasteiger charge is -2.44. The number of esters is 4. The first kappa shape index (κ1) is 72.8. The van der Waals surface area contributed by atoms with E-state index in [0.29, 0.717) is 55.2 Å². The van der Waals surface area contributed by atoms with E-state index in [2.05, 4.69) is 27.7 Å². The maximum Gasteiger partial charge on any atom is 0.338 e. The molecule has 494 valence electrons. The van der Waals surface area contributed by atoms with Gasteiger partial charge in [0.1, 0.15) is 12.7 Å². The summed E-state index contributed by atoms with van der Waals surface area (Å²) in [6.45, 7) is 9.93. The summed E-state index contributed by atoms with van der Waals surface area (Å²) in [5, 5.41) is 0. The number of benzene rings is 4. The topological polar surface area (TPSA) is 197 Å². The number of carbonyl (C=O) groups is 4. The van der Waals surface area contributed by atoms with Crippen molar-refractivity contribution in [2.24, 2.45) is 0 Å². The van der Waals surface area contributed by atoms with Gasteiger partial charge in [0.05, 0.1) is 77.1 Å². The summed E-state index contributed by atoms with van der Waals surface area (Å²) in [7, 11) is 7.17. The van der Waals surface area contributed by atoms with Crippen LogP contribution in [0.1, 0.15) is 223 Å². The van der Waals surface area contributed by atoms with Gasteiger partial charge in [-0.25, -0.2) is 19.2 Å². The first-order chi connectivity index (χ1) is 43.5. The molecule has 0 saturated carbocycles. The third kappa shape index (κ3) is 24.4. The van der Waals surface area contributed by atoms with Crippen molar-refractivity contribution in [1.29, 1.82) is 0 Å². The first-order valence-corrected chi connectivity index (χ1v) is 32.7. The quantitative estimate of drug-likeness (QED) is 0.0230. The molecule has 1 saturated heterocycles. The predicted molar refractivity (Wildman–Crippen MR) is 341 cm³/mol. The van der Waals surface area contributed by atoms with Crippen LogP contribution in [-0.4, -0.2) is 123 Å². The van der Waals surface area contributed by atoms with Gasteiger partial charge in [-0.2, -0.15) is 0 Å². The molecule has 0 radical (unpaired) electrons. The van der Waals surface area contributed by atoms with Crippen molar-refractivity contribution >= 4 is 23.9 Å². The highest BCUT2D eigenvalue weighted by molar-refractivity contribution is 5.93. The van der Waals surface area contributed by atoms with Crippen molar-refractivity contribution in [3.63, 3.8) is 0 Å². The second kappa shape index (κ2) is 42.1. The largest absolute Gasteiger partial charge is 0.493 e. The monoisotopic (exact) mass is 1240 g/mol. The van der Waals surface area contributed by atoms with Gasteiger partial charge in [0.15, 0.2) is 70.6 Å². The van der Waals surface area contributed by atoms with Gasteiger partial charge in [-0.3, -0.25) is 0 Å². The van der Waals surface area contributed by atoms with E-state index >= 15 is 0 Å². The Kier molecular flexibility index (Phi) is 34.5. The molecule has 1 fully saturated rings. The van der Waals surface area contributed by atoms with Gasteiger partial charge in [-0.15, -0.1) is 0 Å². The van der Waals surface area contributed by atoms with Crippen LogP contribution in [0, 0.1) is 0 Å². The van der Waals surface area contributed by atoms with Crippen LogP contribution >= 0.6 is 0 Å². The van der Waals surface area contributed by atoms with Crippen LogP contribution < -0.4 is 37.9 Å². The number of unbranched alkanes of at least 4 members (excludes halogenated alkanes) is 20. The van der Waals surface area contributed by atoms with Gasteiger partial charge in [0.2, 0.25) is 0 Å². The number of carbonyl (C=O) groups excluding carboxylic acids is 4. The molecule has 0 aromatic heterocycles. The Hall–Kier alpha value is -6.92. The third-order valence-corrected chi connectivity index (χ3v) is 15.6. The zero-order valence-electron chi connectivity index (χ0n) is 54.7. The van der Waals surface area contributed by atoms with Crippen LogP contribution in [0.3, 0.4) is 0 Å². The molecular weight excluding hydrogens is 1140 g/mol. The van der Waals surface area contributed by atoms with E-state index in [4.69, 9.17) is 66.3 Å². The van der Waals surface area contributed by atoms with Crippen LogP contribution in [0.15, 0.2) is 72.8 Å². The molecule has 5 rings (SSSR count). The van der Waals surface area contributed by atoms with Gasteiger partial charge in [-0.05, 0) is 98.5 Å². The van der Waals surface area contributed by atoms with Crippen molar-refractivity contribution in [2.75, 3.05) is 68.6 Å². The number of rotatable bonds is 46. The average molecular weight is 1240 g/mol. The molecule has 0 unspecified atom stereocenters. The lowest BCUT2D eigenvalue weighted by Crippen LogP contribution is -2.63. The molecule has 1 aliphatic rings. The summed E-state index contributed by atoms with van der Waals surface area (Å²) in [4.78, 5) is 58.2. The zero-order valence-corrected chi connectivity index (χ0v) is 54.7. The fraction of sp³-hybridized carbons (Fsp3) is 0.606. The highest BCUT2D eigenvalue weighted by Gasteiger charge is 2.53. The minimum atomic E-state index is -1.71. The molecule has 0 aliphatic carbocycles. The Morgan fingerprint density at radius 2 is 0.618 bits per heavy atom. The van der Waals surface area contributed by atoms with Crippen LogP contribution in [0.2, 0.25) is 0 Å². The maximum absolute atomic E-state index is 14.8. The van der Waals surface area contributed by atoms with Crippen LogP contribution in [0.25, 0.3) is 0 Å². The summed E-state index contributed by atoms with van der Waals surface area (Å²) in [5.74, 6) is -0.702. The second-order valence-electron chi connectivity index (χ2n) is 22.4. The molecule has 0 bridgehead atoms. The number of hydrogen-bond acceptors (Lipinski definition) is 18. The minimum absolute atomic E-state index is 0.0169. The van der Waals surface area contributed by atoms with Gasteiger partial charge in [-0.1, -0.05) is 156 Å². The summed E-state index contributed by atoms with van der Waals surface area (Å²) in [5.41, 5.74) is 0.197. The van der Waals surface area contributed by atoms with Crippen molar-refractivity contribution < 1.29 is 85.5 Å². The van der Waals surface area contributed by atoms with Crippen molar-refractivity contribution in [1.82, 2.24) is 0 Å². The molecule has 18 nitrogen and oxygen atoms in total. The molecular formula is C71H102O18. The summed E-state index contributed by atoms with van der Waals surface area (Å²) < 4.78 is 84.6. The van der Waals surface area contributed by atoms with E-state index < -0.39 is 61.2 Å². The standard InChI is InChI=1S/C71H102O18/c1-10-14-18-22-26-30-42-81-55-38-34-51(46-59(55)76-5)67(72)85-50-63-64(87-68(73)52-35-39-56(60(47-52)77-6)82-43-31-27-23-19-15-11-2)65(88-69(74)53-36-40-57(61(48-53)78-7)83-44-32-28-24-20-16-12-3)66(71(80-9)86-63)89-70(75)54-37-41-58(62(49-54)79-8)84-45-33-29-25-21-17-13-4/h34-41,46-49,63-66,71H,10-33,42-45,50H2,1-9H3/t63-,64-,65+,66-,71+/m1/s1. The Morgan fingerprint density at radius 1 is 0.337 bits per heavy atom. The SMILES string of the molecule is CCCCCCCCOc1ccc(C(=O)OC[C@H]2O[C@H](OC)[C@H](OC(=O)c3ccc(OCCCCCCCC)c(OC)c3)[C@@H](OC(=O)c3ccc(OCCCCCCCC)c(OC)c3)[C@@H]2OC(=O)c2ccc(OCCCCCCCC)c(OC)c2)cc1OC. The molecule has 0 amide bonds. The highest BCUT2D eigenvalue weighted by atomic mass is 16.7. The van der Waals surface area contributed by atoms with Crippen LogP contribution in [0.4, 0.5) is 0 Å². The molecule has 18 heteroatoms. The lowest BCUT2D eigenvalue weighted by atomic mass is 9.97. The molecule has 0 spiro atoms. The van der Waals surface area contributed by atoms with Gasteiger partial charge in [0.25, 0.3) is 0 Å². The van der Waals surface area contributed by atoms with E-state index in [9.17, 15) is 19.2 Å². The second-order valence-corrected chi connectivity index (χ2v) is 22.4. The van der Waals surface area contributed by atoms with E-state index in [1.165, 1.54) is 117 Å². The molecule has 5 atom stereocenters. The summed E-state index contributed by atoms with van der Waals surface area (Å²) >= 11 is 0. The first-order valence-electron chi connectivity index (χ1n) is 32.7. The Bertz CT molecular complexity index is 2690. The van der Waals surface area contributed by atoms with Gasteiger partial charge in [0, 0.05) is 7.11 Å². The van der Waals surface area contributed by atoms with Crippen molar-refractivity contribution in [3.05, 3.63) is 95.1 Å². The fourth-order valence-corrected chi connectivity index (χ4v) is 10.3. The Morgan fingerprint density at radius 3 is 0.921 bits per heavy atom. The van der Waals surface area contributed by atoms with Gasteiger partial charge >= 0.3 is 23.9 Å². The molecule has 0 N–H and O–H groups in total. The van der Waals surface area contributed by atoms with Crippen molar-refractivity contribution in [3.8, 4) is 46.0 Å². The van der Waals surface area contributed by atoms with E-state index in [1.807, 2.05) is 0 Å². The Labute approximate surface area is 529 Å². The predicted octanol–water partition coefficient (Wildman–Crippen LogP) is 15.9. The van der Waals surface area contributed by atoms with E-state index in [1.54, 1.807) is 30.3 Å². The minimum Gasteiger partial charge on any atom is -0.493 e. The lowest BCUT2D eigenvalue weighted by molar-refractivity contribution is -0.291. The molecule has 4 aromatic carbocycles.